The molecule has 0 aliphatic carbocycles. The smallest absolute Gasteiger partial charge is 0.161 e. The van der Waals surface area contributed by atoms with Crippen LogP contribution in [0.2, 0.25) is 0 Å². The van der Waals surface area contributed by atoms with Crippen LogP contribution >= 0.6 is 24.8 Å². The summed E-state index contributed by atoms with van der Waals surface area (Å²) in [6, 6.07) is 6.73. The van der Waals surface area contributed by atoms with Gasteiger partial charge in [-0.2, -0.15) is 0 Å². The third-order valence-electron chi connectivity index (χ3n) is 4.11. The highest BCUT2D eigenvalue weighted by molar-refractivity contribution is 5.85. The van der Waals surface area contributed by atoms with E-state index in [-0.39, 0.29) is 24.8 Å². The van der Waals surface area contributed by atoms with Gasteiger partial charge in [0.05, 0.1) is 13.7 Å². The molecule has 0 bridgehead atoms. The van der Waals surface area contributed by atoms with Crippen molar-refractivity contribution in [3.63, 3.8) is 0 Å². The molecule has 1 N–H and O–H groups in total. The number of nitrogens with zero attached hydrogens (tertiary/aromatic N) is 1. The summed E-state index contributed by atoms with van der Waals surface area (Å²) < 4.78 is 11.1. The number of hydrogen-bond acceptors (Lipinski definition) is 4. The van der Waals surface area contributed by atoms with Gasteiger partial charge in [-0.05, 0) is 37.5 Å². The van der Waals surface area contributed by atoms with Crippen molar-refractivity contribution in [3.8, 4) is 11.5 Å². The number of piperazine rings is 1. The number of halogens is 2. The molecule has 0 unspecified atom stereocenters. The molecule has 1 atom stereocenters. The molecule has 24 heavy (non-hydrogen) atoms. The van der Waals surface area contributed by atoms with Crippen LogP contribution < -0.4 is 14.8 Å². The third-order valence-corrected chi connectivity index (χ3v) is 4.11. The van der Waals surface area contributed by atoms with Gasteiger partial charge in [0.25, 0.3) is 0 Å². The van der Waals surface area contributed by atoms with E-state index in [0.29, 0.717) is 12.6 Å². The minimum atomic E-state index is 0. The molecule has 0 spiro atoms. The minimum absolute atomic E-state index is 0. The van der Waals surface area contributed by atoms with E-state index in [1.165, 1.54) is 5.56 Å². The maximum Gasteiger partial charge on any atom is 0.161 e. The van der Waals surface area contributed by atoms with Crippen molar-refractivity contribution in [2.75, 3.05) is 39.9 Å². The van der Waals surface area contributed by atoms with Crippen molar-refractivity contribution in [1.29, 1.82) is 0 Å². The summed E-state index contributed by atoms with van der Waals surface area (Å²) in [6.45, 7) is 10.8. The fraction of sp³-hybridized carbons (Fsp3) is 0.556. The number of rotatable bonds is 8. The molecule has 1 aliphatic rings. The number of allylic oxidation sites excluding steroid dienone is 1. The van der Waals surface area contributed by atoms with E-state index >= 15 is 0 Å². The topological polar surface area (TPSA) is 33.7 Å². The predicted molar refractivity (Wildman–Crippen MR) is 105 cm³/mol. The highest BCUT2D eigenvalue weighted by Gasteiger charge is 2.22. The number of nitrogens with one attached hydrogen (secondary N) is 1. The summed E-state index contributed by atoms with van der Waals surface area (Å²) in [7, 11) is 1.68. The molecule has 4 nitrogen and oxygen atoms in total. The average Bonchev–Trinajstić information content (AvgIpc) is 2.57. The van der Waals surface area contributed by atoms with Crippen LogP contribution in [0.3, 0.4) is 0 Å². The predicted octanol–water partition coefficient (Wildman–Crippen LogP) is 3.85. The Morgan fingerprint density at radius 3 is 2.54 bits per heavy atom. The molecule has 2 rings (SSSR count). The van der Waals surface area contributed by atoms with Crippen molar-refractivity contribution in [2.24, 2.45) is 0 Å². The van der Waals surface area contributed by atoms with Crippen LogP contribution in [-0.4, -0.2) is 44.8 Å². The fourth-order valence-corrected chi connectivity index (χ4v) is 3.00. The summed E-state index contributed by atoms with van der Waals surface area (Å²) in [5.41, 5.74) is 1.30. The SMILES string of the molecule is C=CCC[C@H](c1ccc(OC)c(OCC)c1)N1CCNCC1.Cl.Cl. The first-order chi connectivity index (χ1) is 10.8. The third kappa shape index (κ3) is 6.17. The molecule has 0 saturated carbocycles. The monoisotopic (exact) mass is 376 g/mol. The largest absolute Gasteiger partial charge is 0.493 e. The van der Waals surface area contributed by atoms with Gasteiger partial charge in [-0.1, -0.05) is 12.1 Å². The van der Waals surface area contributed by atoms with Crippen LogP contribution in [-0.2, 0) is 0 Å². The van der Waals surface area contributed by atoms with Crippen LogP contribution in [0.1, 0.15) is 31.4 Å². The number of hydrogen-bond donors (Lipinski definition) is 1. The molecule has 1 fully saturated rings. The van der Waals surface area contributed by atoms with Crippen molar-refractivity contribution in [3.05, 3.63) is 36.4 Å². The lowest BCUT2D eigenvalue weighted by atomic mass is 9.99. The van der Waals surface area contributed by atoms with Gasteiger partial charge in [0.1, 0.15) is 0 Å². The van der Waals surface area contributed by atoms with Crippen LogP contribution in [0, 0.1) is 0 Å². The van der Waals surface area contributed by atoms with Gasteiger partial charge < -0.3 is 14.8 Å². The van der Waals surface area contributed by atoms with E-state index in [0.717, 1.165) is 50.5 Å². The van der Waals surface area contributed by atoms with E-state index in [4.69, 9.17) is 9.47 Å². The fourth-order valence-electron chi connectivity index (χ4n) is 3.00. The molecule has 1 aliphatic heterocycles. The summed E-state index contributed by atoms with van der Waals surface area (Å²) in [4.78, 5) is 2.55. The van der Waals surface area contributed by atoms with E-state index in [2.05, 4.69) is 28.9 Å². The first-order valence-corrected chi connectivity index (χ1v) is 8.16. The van der Waals surface area contributed by atoms with Gasteiger partial charge in [0.15, 0.2) is 11.5 Å². The second-order valence-corrected chi connectivity index (χ2v) is 5.51. The molecule has 1 aromatic rings. The Bertz CT molecular complexity index is 480. The van der Waals surface area contributed by atoms with Crippen LogP contribution in [0.15, 0.2) is 30.9 Å². The Morgan fingerprint density at radius 2 is 1.96 bits per heavy atom. The molecular formula is C18H30Cl2N2O2. The first kappa shape index (κ1) is 23.1. The van der Waals surface area contributed by atoms with E-state index < -0.39 is 0 Å². The lowest BCUT2D eigenvalue weighted by molar-refractivity contribution is 0.165. The lowest BCUT2D eigenvalue weighted by Gasteiger charge is -2.35. The maximum atomic E-state index is 5.73. The van der Waals surface area contributed by atoms with Gasteiger partial charge in [-0.15, -0.1) is 31.4 Å². The number of benzene rings is 1. The molecule has 1 aromatic carbocycles. The molecule has 6 heteroatoms. The lowest BCUT2D eigenvalue weighted by Crippen LogP contribution is -2.45. The van der Waals surface area contributed by atoms with Crippen LogP contribution in [0.4, 0.5) is 0 Å². The molecule has 138 valence electrons. The molecule has 0 aromatic heterocycles. The second-order valence-electron chi connectivity index (χ2n) is 5.51. The van der Waals surface area contributed by atoms with Crippen molar-refractivity contribution in [1.82, 2.24) is 10.2 Å². The Hall–Kier alpha value is -0.940. The standard InChI is InChI=1S/C18H28N2O2.2ClH/c1-4-6-7-16(20-12-10-19-11-13-20)15-8-9-17(21-3)18(14-15)22-5-2;;/h4,8-9,14,16,19H,1,5-7,10-13H2,2-3H3;2*1H/t16-;;/m1../s1. The zero-order valence-corrected chi connectivity index (χ0v) is 16.3. The van der Waals surface area contributed by atoms with Gasteiger partial charge >= 0.3 is 0 Å². The summed E-state index contributed by atoms with van der Waals surface area (Å²) >= 11 is 0. The van der Waals surface area contributed by atoms with Crippen LogP contribution in [0.5, 0.6) is 11.5 Å². The van der Waals surface area contributed by atoms with Crippen molar-refractivity contribution < 1.29 is 9.47 Å². The zero-order chi connectivity index (χ0) is 15.8. The summed E-state index contributed by atoms with van der Waals surface area (Å²) in [5, 5.41) is 3.42. The second kappa shape index (κ2) is 12.4. The summed E-state index contributed by atoms with van der Waals surface area (Å²) in [6.07, 6.45) is 4.11. The zero-order valence-electron chi connectivity index (χ0n) is 14.6. The Labute approximate surface area is 158 Å². The van der Waals surface area contributed by atoms with Crippen LogP contribution in [0.25, 0.3) is 0 Å². The normalized spacial score (nSPS) is 15.6. The Balaban J connectivity index is 0.00000264. The molecule has 1 heterocycles. The van der Waals surface area contributed by atoms with Gasteiger partial charge in [-0.25, -0.2) is 0 Å². The highest BCUT2D eigenvalue weighted by Crippen LogP contribution is 2.34. The van der Waals surface area contributed by atoms with Crippen molar-refractivity contribution in [2.45, 2.75) is 25.8 Å². The summed E-state index contributed by atoms with van der Waals surface area (Å²) in [5.74, 6) is 1.63. The van der Waals surface area contributed by atoms with E-state index in [1.54, 1.807) is 7.11 Å². The van der Waals surface area contributed by atoms with Gasteiger partial charge in [-0.3, -0.25) is 4.90 Å². The quantitative estimate of drug-likeness (QED) is 0.698. The molecule has 0 amide bonds. The highest BCUT2D eigenvalue weighted by atomic mass is 35.5. The van der Waals surface area contributed by atoms with E-state index in [9.17, 15) is 0 Å². The number of ether oxygens (including phenoxy) is 2. The molecule has 1 saturated heterocycles. The maximum absolute atomic E-state index is 5.73. The van der Waals surface area contributed by atoms with Gasteiger partial charge in [0, 0.05) is 32.2 Å². The first-order valence-electron chi connectivity index (χ1n) is 8.16. The molecular weight excluding hydrogens is 347 g/mol. The van der Waals surface area contributed by atoms with E-state index in [1.807, 2.05) is 19.1 Å². The Morgan fingerprint density at radius 1 is 1.25 bits per heavy atom. The number of methoxy groups -OCH3 is 1. The average molecular weight is 377 g/mol. The minimum Gasteiger partial charge on any atom is -0.493 e. The van der Waals surface area contributed by atoms with Gasteiger partial charge in [0.2, 0.25) is 0 Å². The Kier molecular flexibility index (Phi) is 11.9. The molecule has 0 radical (unpaired) electrons. The van der Waals surface area contributed by atoms with Crippen molar-refractivity contribution >= 4 is 24.8 Å².